The van der Waals surface area contributed by atoms with E-state index in [2.05, 4.69) is 57.0 Å². The number of halogens is 1. The molecule has 0 saturated heterocycles. The van der Waals surface area contributed by atoms with Crippen LogP contribution in [0, 0.1) is 13.8 Å². The quantitative estimate of drug-likeness (QED) is 0.200. The molecule has 0 bridgehead atoms. The number of carboxylic acids is 1. The lowest BCUT2D eigenvalue weighted by atomic mass is 10.2. The molecule has 2 N–H and O–H groups in total. The summed E-state index contributed by atoms with van der Waals surface area (Å²) in [6.45, 7) is 3.84. The number of amides is 1. The summed E-state index contributed by atoms with van der Waals surface area (Å²) in [6, 6.07) is 20.1. The number of aryl methyl sites for hydroxylation is 2. The first-order valence-electron chi connectivity index (χ1n) is 11.2. The van der Waals surface area contributed by atoms with E-state index < -0.39 is 18.5 Å². The van der Waals surface area contributed by atoms with Gasteiger partial charge in [-0.3, -0.25) is 4.79 Å². The van der Waals surface area contributed by atoms with Gasteiger partial charge in [0.25, 0.3) is 0 Å². The van der Waals surface area contributed by atoms with Crippen LogP contribution < -0.4 is 14.9 Å². The minimum atomic E-state index is -1.07. The van der Waals surface area contributed by atoms with E-state index in [4.69, 9.17) is 19.0 Å². The minimum absolute atomic E-state index is 0.100. The van der Waals surface area contributed by atoms with Gasteiger partial charge in [-0.05, 0) is 102 Å². The molecule has 1 amide bonds. The molecule has 37 heavy (non-hydrogen) atoms. The lowest BCUT2D eigenvalue weighted by Crippen LogP contribution is -2.16. The van der Waals surface area contributed by atoms with Gasteiger partial charge in [-0.2, -0.15) is 5.10 Å². The Morgan fingerprint density at radius 3 is 2.43 bits per heavy atom. The Kier molecular flexibility index (Phi) is 8.09. The second kappa shape index (κ2) is 11.6. The zero-order valence-electron chi connectivity index (χ0n) is 20.1. The Labute approximate surface area is 221 Å². The molecule has 0 saturated carbocycles. The normalized spacial score (nSPS) is 11.0. The number of carbonyl (C=O) groups is 2. The Bertz CT molecular complexity index is 1420. The zero-order chi connectivity index (χ0) is 26.4. The number of nitrogens with zero attached hydrogens (tertiary/aromatic N) is 2. The van der Waals surface area contributed by atoms with Gasteiger partial charge in [-0.25, -0.2) is 10.2 Å². The van der Waals surface area contributed by atoms with Crippen molar-refractivity contribution in [2.24, 2.45) is 5.10 Å². The molecule has 0 aliphatic rings. The van der Waals surface area contributed by atoms with Crippen molar-refractivity contribution in [1.82, 2.24) is 9.99 Å². The van der Waals surface area contributed by atoms with Gasteiger partial charge in [0.05, 0.1) is 10.7 Å². The summed E-state index contributed by atoms with van der Waals surface area (Å²) >= 11 is 3.31. The molecular formula is C27H24BrN3O6. The van der Waals surface area contributed by atoms with Gasteiger partial charge in [0.15, 0.2) is 12.4 Å². The number of hydrogen-bond acceptors (Lipinski definition) is 6. The standard InChI is InChI=1S/C27H24BrN3O6/c1-17-3-4-18(2)31(17)20-6-8-21(9-7-20)35-15-22-10-12-25(37-22)27(34)30-29-14-19-5-11-24(23(28)13-19)36-16-26(32)33/h3-14H,15-16H2,1-2H3,(H,30,34)(H,32,33)/b29-14+. The first-order chi connectivity index (χ1) is 17.8. The molecule has 2 aromatic heterocycles. The molecule has 0 unspecified atom stereocenters. The summed E-state index contributed by atoms with van der Waals surface area (Å²) in [5.74, 6) is 0.0873. The van der Waals surface area contributed by atoms with Crippen molar-refractivity contribution < 1.29 is 28.6 Å². The summed E-state index contributed by atoms with van der Waals surface area (Å²) in [6.07, 6.45) is 1.44. The fourth-order valence-corrected chi connectivity index (χ4v) is 4.08. The number of benzene rings is 2. The minimum Gasteiger partial charge on any atom is -0.486 e. The Balaban J connectivity index is 1.28. The number of furan rings is 1. The second-order valence-corrected chi connectivity index (χ2v) is 8.93. The van der Waals surface area contributed by atoms with Crippen LogP contribution in [-0.4, -0.2) is 34.4 Å². The SMILES string of the molecule is Cc1ccc(C)n1-c1ccc(OCc2ccc(C(=O)N/N=C/c3ccc(OCC(=O)O)c(Br)c3)o2)cc1. The van der Waals surface area contributed by atoms with Crippen LogP contribution in [0.15, 0.2) is 80.7 Å². The van der Waals surface area contributed by atoms with E-state index in [0.717, 1.165) is 17.1 Å². The van der Waals surface area contributed by atoms with Crippen LogP contribution in [0.2, 0.25) is 0 Å². The maximum Gasteiger partial charge on any atom is 0.341 e. The Morgan fingerprint density at radius 1 is 1.03 bits per heavy atom. The van der Waals surface area contributed by atoms with Gasteiger partial charge in [-0.1, -0.05) is 0 Å². The predicted molar refractivity (Wildman–Crippen MR) is 141 cm³/mol. The maximum atomic E-state index is 12.4. The fraction of sp³-hybridized carbons (Fsp3) is 0.148. The van der Waals surface area contributed by atoms with Crippen molar-refractivity contribution >= 4 is 34.0 Å². The van der Waals surface area contributed by atoms with Gasteiger partial charge in [0.1, 0.15) is 23.9 Å². The molecule has 4 rings (SSSR count). The molecule has 10 heteroatoms. The number of carbonyl (C=O) groups excluding carboxylic acids is 1. The zero-order valence-corrected chi connectivity index (χ0v) is 21.7. The number of rotatable bonds is 10. The molecule has 0 radical (unpaired) electrons. The summed E-state index contributed by atoms with van der Waals surface area (Å²) < 4.78 is 19.2. The third-order valence-electron chi connectivity index (χ3n) is 5.32. The molecule has 0 spiro atoms. The monoisotopic (exact) mass is 565 g/mol. The summed E-state index contributed by atoms with van der Waals surface area (Å²) in [5.41, 5.74) is 6.44. The molecule has 2 heterocycles. The summed E-state index contributed by atoms with van der Waals surface area (Å²) in [5, 5.41) is 12.6. The van der Waals surface area contributed by atoms with E-state index in [1.807, 2.05) is 24.3 Å². The highest BCUT2D eigenvalue weighted by Gasteiger charge is 2.11. The smallest absolute Gasteiger partial charge is 0.341 e. The maximum absolute atomic E-state index is 12.4. The molecule has 0 aliphatic heterocycles. The van der Waals surface area contributed by atoms with E-state index in [1.165, 1.54) is 6.21 Å². The summed E-state index contributed by atoms with van der Waals surface area (Å²) in [7, 11) is 0. The average Bonchev–Trinajstić information content (AvgIpc) is 3.48. The van der Waals surface area contributed by atoms with E-state index in [1.54, 1.807) is 30.3 Å². The Morgan fingerprint density at radius 2 is 1.76 bits per heavy atom. The molecule has 0 fully saturated rings. The van der Waals surface area contributed by atoms with E-state index in [9.17, 15) is 9.59 Å². The topological polar surface area (TPSA) is 115 Å². The molecule has 0 aliphatic carbocycles. The van der Waals surface area contributed by atoms with Gasteiger partial charge in [-0.15, -0.1) is 0 Å². The van der Waals surface area contributed by atoms with E-state index in [0.29, 0.717) is 27.3 Å². The van der Waals surface area contributed by atoms with Crippen molar-refractivity contribution in [3.8, 4) is 17.2 Å². The number of aromatic nitrogens is 1. The lowest BCUT2D eigenvalue weighted by molar-refractivity contribution is -0.139. The molecular weight excluding hydrogens is 542 g/mol. The highest BCUT2D eigenvalue weighted by molar-refractivity contribution is 9.10. The van der Waals surface area contributed by atoms with Crippen LogP contribution in [0.1, 0.15) is 33.3 Å². The second-order valence-electron chi connectivity index (χ2n) is 8.07. The third-order valence-corrected chi connectivity index (χ3v) is 5.94. The number of hydrazone groups is 1. The highest BCUT2D eigenvalue weighted by Crippen LogP contribution is 2.25. The molecule has 4 aromatic rings. The molecule has 0 atom stereocenters. The Hall–Kier alpha value is -4.31. The number of carboxylic acid groups (broad SMARTS) is 1. The fourth-order valence-electron chi connectivity index (χ4n) is 3.57. The number of nitrogens with one attached hydrogen (secondary N) is 1. The number of ether oxygens (including phenoxy) is 2. The van der Waals surface area contributed by atoms with E-state index in [-0.39, 0.29) is 12.4 Å². The first kappa shape index (κ1) is 25.8. The van der Waals surface area contributed by atoms with Crippen LogP contribution in [-0.2, 0) is 11.4 Å². The molecule has 190 valence electrons. The lowest BCUT2D eigenvalue weighted by Gasteiger charge is -2.10. The highest BCUT2D eigenvalue weighted by atomic mass is 79.9. The number of hydrogen-bond donors (Lipinski definition) is 2. The van der Waals surface area contributed by atoms with E-state index >= 15 is 0 Å². The van der Waals surface area contributed by atoms with Crippen LogP contribution in [0.5, 0.6) is 11.5 Å². The number of aliphatic carboxylic acids is 1. The van der Waals surface area contributed by atoms with Crippen molar-refractivity contribution in [1.29, 1.82) is 0 Å². The molecule has 2 aromatic carbocycles. The predicted octanol–water partition coefficient (Wildman–Crippen LogP) is 5.26. The van der Waals surface area contributed by atoms with Crippen molar-refractivity contribution in [3.63, 3.8) is 0 Å². The van der Waals surface area contributed by atoms with Crippen molar-refractivity contribution in [3.05, 3.63) is 99.7 Å². The third kappa shape index (κ3) is 6.68. The van der Waals surface area contributed by atoms with Crippen LogP contribution in [0.4, 0.5) is 0 Å². The van der Waals surface area contributed by atoms with Gasteiger partial charge >= 0.3 is 11.9 Å². The van der Waals surface area contributed by atoms with Gasteiger partial charge in [0, 0.05) is 17.1 Å². The van der Waals surface area contributed by atoms with Gasteiger partial charge < -0.3 is 23.6 Å². The van der Waals surface area contributed by atoms with Crippen LogP contribution >= 0.6 is 15.9 Å². The first-order valence-corrected chi connectivity index (χ1v) is 12.0. The van der Waals surface area contributed by atoms with Crippen molar-refractivity contribution in [2.45, 2.75) is 20.5 Å². The summed E-state index contributed by atoms with van der Waals surface area (Å²) in [4.78, 5) is 23.0. The average molecular weight is 566 g/mol. The van der Waals surface area contributed by atoms with Gasteiger partial charge in [0.2, 0.25) is 0 Å². The molecule has 9 nitrogen and oxygen atoms in total. The van der Waals surface area contributed by atoms with Crippen molar-refractivity contribution in [2.75, 3.05) is 6.61 Å². The largest absolute Gasteiger partial charge is 0.486 e. The van der Waals surface area contributed by atoms with Crippen LogP contribution in [0.3, 0.4) is 0 Å². The van der Waals surface area contributed by atoms with Crippen LogP contribution in [0.25, 0.3) is 5.69 Å².